The molecule has 2 heterocycles. The van der Waals surface area contributed by atoms with Crippen molar-refractivity contribution in [2.45, 2.75) is 32.2 Å². The Hall–Kier alpha value is -2.57. The van der Waals surface area contributed by atoms with Gasteiger partial charge in [-0.3, -0.25) is 5.10 Å². The molecule has 134 valence electrons. The smallest absolute Gasteiger partial charge is 0.317 e. The summed E-state index contributed by atoms with van der Waals surface area (Å²) in [6.45, 7) is 3.90. The van der Waals surface area contributed by atoms with Crippen LogP contribution in [0, 0.1) is 5.82 Å². The van der Waals surface area contributed by atoms with Gasteiger partial charge in [0, 0.05) is 37.4 Å². The van der Waals surface area contributed by atoms with Crippen LogP contribution in [0.1, 0.15) is 36.9 Å². The molecule has 2 N–H and O–H groups in total. The van der Waals surface area contributed by atoms with E-state index in [0.29, 0.717) is 18.7 Å². The van der Waals surface area contributed by atoms with Crippen molar-refractivity contribution in [3.8, 4) is 5.75 Å². The molecule has 1 aliphatic rings. The number of H-pyrrole nitrogens is 1. The molecule has 0 saturated carbocycles. The van der Waals surface area contributed by atoms with Crippen LogP contribution in [0.25, 0.3) is 0 Å². The number of benzene rings is 1. The molecular weight excluding hydrogens is 323 g/mol. The number of carbonyl (C=O) groups excluding carboxylic acids is 1. The Morgan fingerprint density at radius 3 is 3.08 bits per heavy atom. The van der Waals surface area contributed by atoms with Crippen LogP contribution in [-0.2, 0) is 6.54 Å². The molecule has 6 nitrogen and oxygen atoms in total. The van der Waals surface area contributed by atoms with Gasteiger partial charge < -0.3 is 15.0 Å². The number of ether oxygens (including phenoxy) is 1. The van der Waals surface area contributed by atoms with E-state index < -0.39 is 5.82 Å². The Balaban J connectivity index is 1.54. The summed E-state index contributed by atoms with van der Waals surface area (Å²) in [5.74, 6) is 0.104. The minimum absolute atomic E-state index is 0.126. The highest BCUT2D eigenvalue weighted by molar-refractivity contribution is 5.74. The average molecular weight is 346 g/mol. The first-order valence-corrected chi connectivity index (χ1v) is 8.60. The number of nitrogens with zero attached hydrogens (tertiary/aromatic N) is 2. The largest absolute Gasteiger partial charge is 0.491 e. The number of halogens is 1. The molecule has 1 aromatic carbocycles. The molecule has 7 heteroatoms. The number of hydrogen-bond acceptors (Lipinski definition) is 3. The van der Waals surface area contributed by atoms with Crippen LogP contribution in [0.4, 0.5) is 9.18 Å². The van der Waals surface area contributed by atoms with Crippen LogP contribution in [-0.4, -0.2) is 40.8 Å². The van der Waals surface area contributed by atoms with Crippen LogP contribution >= 0.6 is 0 Å². The molecule has 0 radical (unpaired) electrons. The van der Waals surface area contributed by atoms with Crippen LogP contribution in [0.2, 0.25) is 0 Å². The summed E-state index contributed by atoms with van der Waals surface area (Å²) in [4.78, 5) is 14.2. The maximum Gasteiger partial charge on any atom is 0.317 e. The average Bonchev–Trinajstić information content (AvgIpc) is 3.17. The van der Waals surface area contributed by atoms with Gasteiger partial charge in [0.25, 0.3) is 0 Å². The Bertz CT molecular complexity index is 705. The third-order valence-corrected chi connectivity index (χ3v) is 4.41. The Kier molecular flexibility index (Phi) is 5.53. The van der Waals surface area contributed by atoms with Crippen molar-refractivity contribution in [3.63, 3.8) is 0 Å². The maximum absolute atomic E-state index is 13.9. The number of amides is 2. The monoisotopic (exact) mass is 346 g/mol. The van der Waals surface area contributed by atoms with Crippen molar-refractivity contribution in [1.29, 1.82) is 0 Å². The maximum atomic E-state index is 13.9. The molecule has 0 spiro atoms. The van der Waals surface area contributed by atoms with Gasteiger partial charge in [0.1, 0.15) is 0 Å². The normalized spacial score (nSPS) is 17.4. The van der Waals surface area contributed by atoms with Crippen LogP contribution in [0.15, 0.2) is 30.5 Å². The van der Waals surface area contributed by atoms with Crippen molar-refractivity contribution in [3.05, 3.63) is 47.5 Å². The lowest BCUT2D eigenvalue weighted by molar-refractivity contribution is 0.178. The van der Waals surface area contributed by atoms with Gasteiger partial charge in [0.15, 0.2) is 11.6 Å². The number of aromatic amines is 1. The van der Waals surface area contributed by atoms with E-state index in [2.05, 4.69) is 15.5 Å². The lowest BCUT2D eigenvalue weighted by Crippen LogP contribution is -2.44. The number of aromatic nitrogens is 2. The van der Waals surface area contributed by atoms with Crippen molar-refractivity contribution < 1.29 is 13.9 Å². The lowest BCUT2D eigenvalue weighted by atomic mass is 9.95. The van der Waals surface area contributed by atoms with Gasteiger partial charge >= 0.3 is 6.03 Å². The molecule has 1 aliphatic heterocycles. The number of hydrogen-bond donors (Lipinski definition) is 2. The first-order valence-electron chi connectivity index (χ1n) is 8.60. The number of nitrogens with one attached hydrogen (secondary N) is 2. The number of carbonyl (C=O) groups is 1. The predicted molar refractivity (Wildman–Crippen MR) is 91.9 cm³/mol. The molecule has 1 atom stereocenters. The van der Waals surface area contributed by atoms with Gasteiger partial charge in [0.05, 0.1) is 6.61 Å². The Morgan fingerprint density at radius 1 is 1.48 bits per heavy atom. The van der Waals surface area contributed by atoms with Crippen LogP contribution in [0.3, 0.4) is 0 Å². The highest BCUT2D eigenvalue weighted by Gasteiger charge is 2.25. The van der Waals surface area contributed by atoms with Crippen LogP contribution < -0.4 is 10.1 Å². The standard InChI is InChI=1S/C18H23FN4O2/c1-2-25-17-6-5-13(10-15(17)19)11-20-18(24)23-9-3-4-14(12-23)16-7-8-21-22-16/h5-8,10,14H,2-4,9,11-12H2,1H3,(H,20,24)(H,21,22). The lowest BCUT2D eigenvalue weighted by Gasteiger charge is -2.32. The zero-order valence-electron chi connectivity index (χ0n) is 14.3. The molecule has 1 unspecified atom stereocenters. The van der Waals surface area contributed by atoms with E-state index in [4.69, 9.17) is 4.74 Å². The highest BCUT2D eigenvalue weighted by atomic mass is 19.1. The molecule has 1 aromatic heterocycles. The quantitative estimate of drug-likeness (QED) is 0.874. The van der Waals surface area contributed by atoms with E-state index in [9.17, 15) is 9.18 Å². The summed E-state index contributed by atoms with van der Waals surface area (Å²) < 4.78 is 19.0. The molecule has 0 aliphatic carbocycles. The summed E-state index contributed by atoms with van der Waals surface area (Å²) in [5.41, 5.74) is 1.77. The predicted octanol–water partition coefficient (Wildman–Crippen LogP) is 3.04. The molecule has 25 heavy (non-hydrogen) atoms. The summed E-state index contributed by atoms with van der Waals surface area (Å²) in [6, 6.07) is 6.58. The van der Waals surface area contributed by atoms with Gasteiger partial charge in [-0.05, 0) is 43.5 Å². The van der Waals surface area contributed by atoms with Crippen molar-refractivity contribution in [1.82, 2.24) is 20.4 Å². The molecular formula is C18H23FN4O2. The number of likely N-dealkylation sites (tertiary alicyclic amines) is 1. The second-order valence-corrected chi connectivity index (χ2v) is 6.15. The van der Waals surface area contributed by atoms with E-state index in [1.54, 1.807) is 23.2 Å². The van der Waals surface area contributed by atoms with E-state index in [1.807, 2.05) is 13.0 Å². The van der Waals surface area contributed by atoms with E-state index in [0.717, 1.165) is 25.1 Å². The highest BCUT2D eigenvalue weighted by Crippen LogP contribution is 2.25. The third-order valence-electron chi connectivity index (χ3n) is 4.41. The molecule has 0 bridgehead atoms. The molecule has 2 aromatic rings. The topological polar surface area (TPSA) is 70.2 Å². The second kappa shape index (κ2) is 8.00. The SMILES string of the molecule is CCOc1ccc(CNC(=O)N2CCCC(c3ccn[nH]3)C2)cc1F. The molecule has 3 rings (SSSR count). The van der Waals surface area contributed by atoms with Gasteiger partial charge in [-0.1, -0.05) is 6.07 Å². The van der Waals surface area contributed by atoms with E-state index >= 15 is 0 Å². The summed E-state index contributed by atoms with van der Waals surface area (Å²) in [6.07, 6.45) is 3.72. The van der Waals surface area contributed by atoms with Crippen molar-refractivity contribution in [2.75, 3.05) is 19.7 Å². The van der Waals surface area contributed by atoms with Gasteiger partial charge in [0.2, 0.25) is 0 Å². The Morgan fingerprint density at radius 2 is 2.36 bits per heavy atom. The van der Waals surface area contributed by atoms with Crippen molar-refractivity contribution >= 4 is 6.03 Å². The molecule has 1 fully saturated rings. The first kappa shape index (κ1) is 17.3. The molecule has 1 saturated heterocycles. The fraction of sp³-hybridized carbons (Fsp3) is 0.444. The molecule has 2 amide bonds. The fourth-order valence-electron chi connectivity index (χ4n) is 3.13. The fourth-order valence-corrected chi connectivity index (χ4v) is 3.13. The summed E-state index contributed by atoms with van der Waals surface area (Å²) >= 11 is 0. The number of rotatable bonds is 5. The number of piperidine rings is 1. The summed E-state index contributed by atoms with van der Waals surface area (Å²) in [5, 5.41) is 9.83. The van der Waals surface area contributed by atoms with Crippen molar-refractivity contribution in [2.24, 2.45) is 0 Å². The summed E-state index contributed by atoms with van der Waals surface area (Å²) in [7, 11) is 0. The van der Waals surface area contributed by atoms with Gasteiger partial charge in [-0.2, -0.15) is 5.10 Å². The first-order chi connectivity index (χ1) is 12.2. The van der Waals surface area contributed by atoms with Gasteiger partial charge in [-0.15, -0.1) is 0 Å². The minimum atomic E-state index is -0.411. The zero-order chi connectivity index (χ0) is 17.6. The van der Waals surface area contributed by atoms with Crippen LogP contribution in [0.5, 0.6) is 5.75 Å². The third kappa shape index (κ3) is 4.29. The number of urea groups is 1. The zero-order valence-corrected chi connectivity index (χ0v) is 14.3. The van der Waals surface area contributed by atoms with Gasteiger partial charge in [-0.25, -0.2) is 9.18 Å². The minimum Gasteiger partial charge on any atom is -0.491 e. The van der Waals surface area contributed by atoms with E-state index in [-0.39, 0.29) is 24.2 Å². The van der Waals surface area contributed by atoms with E-state index in [1.165, 1.54) is 6.07 Å². The second-order valence-electron chi connectivity index (χ2n) is 6.15. The Labute approximate surface area is 146 Å².